The lowest BCUT2D eigenvalue weighted by Crippen LogP contribution is -2.45. The fourth-order valence-corrected chi connectivity index (χ4v) is 13.5. The number of aliphatic hydroxyl groups excluding tert-OH is 2. The molecule has 544 valence electrons. The summed E-state index contributed by atoms with van der Waals surface area (Å²) in [5.74, 6) is -0.0120. The maximum absolute atomic E-state index is 12.6. The highest BCUT2D eigenvalue weighted by atomic mass is 16.5. The Labute approximate surface area is 576 Å². The minimum absolute atomic E-state index is 0.0149. The van der Waals surface area contributed by atoms with Gasteiger partial charge in [-0.1, -0.05) is 416 Å². The number of allylic oxidation sites excluding steroid dienone is 6. The molecule has 0 bridgehead atoms. The van der Waals surface area contributed by atoms with Gasteiger partial charge in [0.15, 0.2) is 0 Å². The van der Waals surface area contributed by atoms with Crippen LogP contribution in [0.25, 0.3) is 0 Å². The van der Waals surface area contributed by atoms with Gasteiger partial charge in [-0.25, -0.2) is 0 Å². The second-order valence-corrected chi connectivity index (χ2v) is 29.2. The first-order valence-corrected chi connectivity index (χ1v) is 42.2. The van der Waals surface area contributed by atoms with Crippen molar-refractivity contribution in [2.75, 3.05) is 13.2 Å². The molecule has 0 aromatic carbocycles. The molecule has 0 radical (unpaired) electrons. The van der Waals surface area contributed by atoms with Crippen molar-refractivity contribution >= 4 is 11.9 Å². The van der Waals surface area contributed by atoms with Crippen molar-refractivity contribution < 1.29 is 24.5 Å². The average Bonchev–Trinajstić information content (AvgIpc) is 3.60. The zero-order valence-electron chi connectivity index (χ0n) is 62.6. The number of esters is 1. The molecule has 2 unspecified atom stereocenters. The van der Waals surface area contributed by atoms with E-state index < -0.39 is 12.1 Å². The molecule has 92 heavy (non-hydrogen) atoms. The maximum atomic E-state index is 12.6. The predicted molar refractivity (Wildman–Crippen MR) is 407 cm³/mol. The van der Waals surface area contributed by atoms with Gasteiger partial charge in [-0.2, -0.15) is 0 Å². The molecule has 0 heterocycles. The van der Waals surface area contributed by atoms with E-state index >= 15 is 0 Å². The van der Waals surface area contributed by atoms with E-state index in [0.29, 0.717) is 25.9 Å². The van der Waals surface area contributed by atoms with Gasteiger partial charge in [0.25, 0.3) is 0 Å². The smallest absolute Gasteiger partial charge is 0.305 e. The Hall–Kier alpha value is -1.92. The molecule has 0 saturated heterocycles. The molecular weight excluding hydrogens is 1130 g/mol. The summed E-state index contributed by atoms with van der Waals surface area (Å²) < 4.78 is 5.52. The monoisotopic (exact) mass is 1290 g/mol. The van der Waals surface area contributed by atoms with Gasteiger partial charge in [0.05, 0.1) is 25.4 Å². The van der Waals surface area contributed by atoms with Gasteiger partial charge in [0, 0.05) is 12.8 Å². The van der Waals surface area contributed by atoms with E-state index in [-0.39, 0.29) is 18.5 Å². The Kier molecular flexibility index (Phi) is 79.8. The summed E-state index contributed by atoms with van der Waals surface area (Å²) in [5.41, 5.74) is 0. The lowest BCUT2D eigenvalue weighted by atomic mass is 10.0. The summed E-state index contributed by atoms with van der Waals surface area (Å²) in [7, 11) is 0. The summed E-state index contributed by atoms with van der Waals surface area (Å²) >= 11 is 0. The molecule has 0 aromatic heterocycles. The summed E-state index contributed by atoms with van der Waals surface area (Å²) in [4.78, 5) is 24.7. The van der Waals surface area contributed by atoms with Crippen LogP contribution in [0, 0.1) is 0 Å². The first-order valence-electron chi connectivity index (χ1n) is 42.2. The van der Waals surface area contributed by atoms with Crippen LogP contribution in [-0.4, -0.2) is 47.4 Å². The highest BCUT2D eigenvalue weighted by molar-refractivity contribution is 5.76. The van der Waals surface area contributed by atoms with Gasteiger partial charge in [0.2, 0.25) is 5.91 Å². The lowest BCUT2D eigenvalue weighted by Gasteiger charge is -2.22. The minimum Gasteiger partial charge on any atom is -0.466 e. The van der Waals surface area contributed by atoms with Crippen LogP contribution < -0.4 is 5.32 Å². The molecule has 2 atom stereocenters. The zero-order valence-corrected chi connectivity index (χ0v) is 62.6. The molecular formula is C86H165NO5. The van der Waals surface area contributed by atoms with E-state index in [1.807, 2.05) is 0 Å². The third kappa shape index (κ3) is 77.1. The summed E-state index contributed by atoms with van der Waals surface area (Å²) in [5, 5.41) is 23.5. The highest BCUT2D eigenvalue weighted by Crippen LogP contribution is 2.20. The van der Waals surface area contributed by atoms with Gasteiger partial charge in [-0.3, -0.25) is 9.59 Å². The van der Waals surface area contributed by atoms with E-state index in [2.05, 4.69) is 55.6 Å². The summed E-state index contributed by atoms with van der Waals surface area (Å²) in [6, 6.07) is -0.542. The number of ether oxygens (including phenoxy) is 1. The van der Waals surface area contributed by atoms with E-state index in [0.717, 1.165) is 51.4 Å². The molecule has 0 rings (SSSR count). The van der Waals surface area contributed by atoms with Crippen molar-refractivity contribution in [2.45, 2.75) is 488 Å². The van der Waals surface area contributed by atoms with Gasteiger partial charge >= 0.3 is 5.97 Å². The largest absolute Gasteiger partial charge is 0.466 e. The normalized spacial score (nSPS) is 12.6. The molecule has 0 aliphatic rings. The quantitative estimate of drug-likeness (QED) is 0.0320. The number of aliphatic hydroxyl groups is 2. The van der Waals surface area contributed by atoms with E-state index in [1.54, 1.807) is 0 Å². The second-order valence-electron chi connectivity index (χ2n) is 29.2. The third-order valence-corrected chi connectivity index (χ3v) is 19.9. The van der Waals surface area contributed by atoms with Crippen LogP contribution in [0.2, 0.25) is 0 Å². The van der Waals surface area contributed by atoms with Crippen molar-refractivity contribution in [3.8, 4) is 0 Å². The molecule has 0 aromatic rings. The van der Waals surface area contributed by atoms with Crippen LogP contribution >= 0.6 is 0 Å². The Morgan fingerprint density at radius 2 is 0.543 bits per heavy atom. The SMILES string of the molecule is CCCCC/C=C\C/C=C\CCCCCCCCCCCC(=O)OCCCCCCCCCCCCCC/C=C\CCCCCCCCCCCCCCCCCC(=O)NC(CO)C(O)CCCCCCCCCCCCCCCCCCCCCCCCCCC. The number of nitrogens with one attached hydrogen (secondary N) is 1. The Balaban J connectivity index is 3.36. The topological polar surface area (TPSA) is 95.9 Å². The lowest BCUT2D eigenvalue weighted by molar-refractivity contribution is -0.143. The predicted octanol–water partition coefficient (Wildman–Crippen LogP) is 28.2. The third-order valence-electron chi connectivity index (χ3n) is 19.9. The van der Waals surface area contributed by atoms with E-state index in [1.165, 1.54) is 392 Å². The average molecular weight is 1290 g/mol. The Bertz CT molecular complexity index is 1490. The molecule has 0 aliphatic heterocycles. The standard InChI is InChI=1S/C86H165NO5/c1-3-5-7-9-11-13-15-17-19-21-23-24-25-33-36-39-43-46-50-54-58-62-66-70-74-78-84(89)83(82-88)87-85(90)79-75-71-67-63-59-55-51-47-44-40-37-34-31-29-27-26-28-30-32-35-38-41-45-49-53-57-61-65-69-73-77-81-92-86(91)80-76-72-68-64-60-56-52-48-42-22-20-18-16-14-12-10-8-6-4-2/h12,14,18,20,28,30,83-84,88-89H,3-11,13,15-17,19,21-27,29,31-82H2,1-2H3,(H,87,90)/b14-12-,20-18-,30-28-. The number of rotatable bonds is 80. The molecule has 0 fully saturated rings. The van der Waals surface area contributed by atoms with Crippen molar-refractivity contribution in [1.82, 2.24) is 5.32 Å². The van der Waals surface area contributed by atoms with Gasteiger partial charge in [-0.15, -0.1) is 0 Å². The first kappa shape index (κ1) is 90.1. The highest BCUT2D eigenvalue weighted by Gasteiger charge is 2.20. The minimum atomic E-state index is -0.665. The number of carbonyl (C=O) groups excluding carboxylic acids is 2. The van der Waals surface area contributed by atoms with Crippen LogP contribution in [0.4, 0.5) is 0 Å². The first-order chi connectivity index (χ1) is 45.5. The van der Waals surface area contributed by atoms with Crippen molar-refractivity contribution in [3.05, 3.63) is 36.5 Å². The zero-order chi connectivity index (χ0) is 66.3. The molecule has 3 N–H and O–H groups in total. The van der Waals surface area contributed by atoms with E-state index in [4.69, 9.17) is 4.74 Å². The number of unbranched alkanes of at least 4 members (excludes halogenated alkanes) is 63. The Morgan fingerprint density at radius 1 is 0.304 bits per heavy atom. The molecule has 0 aliphatic carbocycles. The van der Waals surface area contributed by atoms with Gasteiger partial charge in [-0.05, 0) is 83.5 Å². The maximum Gasteiger partial charge on any atom is 0.305 e. The molecule has 6 nitrogen and oxygen atoms in total. The van der Waals surface area contributed by atoms with Gasteiger partial charge in [0.1, 0.15) is 0 Å². The summed E-state index contributed by atoms with van der Waals surface area (Å²) in [6.07, 6.45) is 107. The summed E-state index contributed by atoms with van der Waals surface area (Å²) in [6.45, 7) is 4.98. The number of hydrogen-bond acceptors (Lipinski definition) is 5. The fourth-order valence-electron chi connectivity index (χ4n) is 13.5. The number of amides is 1. The second kappa shape index (κ2) is 81.5. The number of hydrogen-bond donors (Lipinski definition) is 3. The van der Waals surface area contributed by atoms with E-state index in [9.17, 15) is 19.8 Å². The number of carbonyl (C=O) groups is 2. The van der Waals surface area contributed by atoms with Crippen molar-refractivity contribution in [3.63, 3.8) is 0 Å². The van der Waals surface area contributed by atoms with Crippen molar-refractivity contribution in [2.24, 2.45) is 0 Å². The molecule has 1 amide bonds. The van der Waals surface area contributed by atoms with Crippen LogP contribution in [-0.2, 0) is 14.3 Å². The molecule has 0 spiro atoms. The van der Waals surface area contributed by atoms with Crippen LogP contribution in [0.15, 0.2) is 36.5 Å². The van der Waals surface area contributed by atoms with Crippen LogP contribution in [0.3, 0.4) is 0 Å². The fraction of sp³-hybridized carbons (Fsp3) is 0.907. The van der Waals surface area contributed by atoms with Crippen molar-refractivity contribution in [1.29, 1.82) is 0 Å². The Morgan fingerprint density at radius 3 is 0.859 bits per heavy atom. The molecule has 6 heteroatoms. The van der Waals surface area contributed by atoms with Crippen LogP contribution in [0.5, 0.6) is 0 Å². The molecule has 0 saturated carbocycles. The van der Waals surface area contributed by atoms with Crippen LogP contribution in [0.1, 0.15) is 476 Å². The van der Waals surface area contributed by atoms with Gasteiger partial charge < -0.3 is 20.3 Å².